The number of hydrogen-bond donors (Lipinski definition) is 3. The lowest BCUT2D eigenvalue weighted by molar-refractivity contribution is -0.198. The van der Waals surface area contributed by atoms with Crippen molar-refractivity contribution in [1.82, 2.24) is 0 Å². The van der Waals surface area contributed by atoms with Crippen molar-refractivity contribution >= 4 is 23.0 Å². The van der Waals surface area contributed by atoms with Gasteiger partial charge in [0.15, 0.2) is 6.10 Å². The Morgan fingerprint density at radius 3 is 2.56 bits per heavy atom. The van der Waals surface area contributed by atoms with E-state index >= 15 is 0 Å². The van der Waals surface area contributed by atoms with Crippen LogP contribution in [-0.2, 0) is 0 Å². The molecule has 0 fully saturated rings. The monoisotopic (exact) mass is 254 g/mol. The molecule has 0 aliphatic carbocycles. The topological polar surface area (TPSA) is 58.3 Å². The number of halogens is 4. The summed E-state index contributed by atoms with van der Waals surface area (Å²) in [5.74, 6) is 0. The summed E-state index contributed by atoms with van der Waals surface area (Å²) < 4.78 is 36.0. The molecule has 0 heterocycles. The first-order valence-electron chi connectivity index (χ1n) is 4.35. The molecule has 1 atom stereocenters. The van der Waals surface area contributed by atoms with Crippen LogP contribution in [0.1, 0.15) is 0 Å². The molecule has 1 unspecified atom stereocenters. The van der Waals surface area contributed by atoms with Gasteiger partial charge in [0.25, 0.3) is 0 Å². The van der Waals surface area contributed by atoms with Gasteiger partial charge in [-0.15, -0.1) is 0 Å². The summed E-state index contributed by atoms with van der Waals surface area (Å²) in [5.41, 5.74) is 5.92. The molecule has 0 radical (unpaired) electrons. The van der Waals surface area contributed by atoms with Gasteiger partial charge < -0.3 is 16.2 Å². The zero-order valence-electron chi connectivity index (χ0n) is 8.05. The number of anilines is 2. The first-order chi connectivity index (χ1) is 7.32. The number of hydrogen-bond acceptors (Lipinski definition) is 3. The molecule has 4 N–H and O–H groups in total. The molecule has 90 valence electrons. The Kier molecular flexibility index (Phi) is 3.88. The van der Waals surface area contributed by atoms with E-state index in [9.17, 15) is 13.2 Å². The maximum absolute atomic E-state index is 12.0. The molecule has 0 saturated heterocycles. The molecular weight excluding hydrogens is 245 g/mol. The molecule has 0 spiro atoms. The van der Waals surface area contributed by atoms with Crippen LogP contribution in [0.25, 0.3) is 0 Å². The van der Waals surface area contributed by atoms with Crippen LogP contribution in [0.5, 0.6) is 0 Å². The van der Waals surface area contributed by atoms with E-state index in [2.05, 4.69) is 5.32 Å². The quantitative estimate of drug-likeness (QED) is 0.725. The van der Waals surface area contributed by atoms with Crippen LogP contribution in [0.4, 0.5) is 24.5 Å². The highest BCUT2D eigenvalue weighted by molar-refractivity contribution is 6.33. The van der Waals surface area contributed by atoms with Gasteiger partial charge in [-0.05, 0) is 12.1 Å². The van der Waals surface area contributed by atoms with Crippen LogP contribution >= 0.6 is 11.6 Å². The van der Waals surface area contributed by atoms with Crippen LogP contribution in [0.3, 0.4) is 0 Å². The van der Waals surface area contributed by atoms with Gasteiger partial charge in [-0.3, -0.25) is 0 Å². The van der Waals surface area contributed by atoms with Crippen LogP contribution in [0.2, 0.25) is 5.02 Å². The number of nitrogens with one attached hydrogen (secondary N) is 1. The fraction of sp³-hybridized carbons (Fsp3) is 0.333. The first kappa shape index (κ1) is 12.9. The molecule has 0 amide bonds. The van der Waals surface area contributed by atoms with Gasteiger partial charge in [0.05, 0.1) is 16.4 Å². The van der Waals surface area contributed by atoms with Gasteiger partial charge in [-0.1, -0.05) is 17.7 Å². The largest absolute Gasteiger partial charge is 0.416 e. The van der Waals surface area contributed by atoms with E-state index in [0.29, 0.717) is 0 Å². The Bertz CT molecular complexity index is 350. The van der Waals surface area contributed by atoms with Gasteiger partial charge in [0.1, 0.15) is 0 Å². The molecular formula is C9H10ClF3N2O. The zero-order valence-corrected chi connectivity index (χ0v) is 8.81. The summed E-state index contributed by atoms with van der Waals surface area (Å²) in [6, 6.07) is 4.55. The SMILES string of the molecule is Nc1cccc(Cl)c1NCC(O)C(F)(F)F. The van der Waals surface area contributed by atoms with Crippen LogP contribution < -0.4 is 11.1 Å². The number of aliphatic hydroxyl groups is 1. The van der Waals surface area contributed by atoms with Crippen molar-refractivity contribution in [3.8, 4) is 0 Å². The Morgan fingerprint density at radius 1 is 1.44 bits per heavy atom. The number of benzene rings is 1. The second kappa shape index (κ2) is 4.80. The zero-order chi connectivity index (χ0) is 12.3. The fourth-order valence-corrected chi connectivity index (χ4v) is 1.29. The van der Waals surface area contributed by atoms with Gasteiger partial charge in [0.2, 0.25) is 0 Å². The van der Waals surface area contributed by atoms with E-state index in [4.69, 9.17) is 22.4 Å². The van der Waals surface area contributed by atoms with E-state index in [1.807, 2.05) is 0 Å². The maximum Gasteiger partial charge on any atom is 0.416 e. The predicted octanol–water partition coefficient (Wildman–Crippen LogP) is 2.26. The normalized spacial score (nSPS) is 13.6. The van der Waals surface area contributed by atoms with Gasteiger partial charge in [-0.2, -0.15) is 13.2 Å². The average Bonchev–Trinajstić information content (AvgIpc) is 2.15. The first-order valence-corrected chi connectivity index (χ1v) is 4.73. The van der Waals surface area contributed by atoms with Crippen LogP contribution in [0, 0.1) is 0 Å². The molecule has 1 aromatic rings. The van der Waals surface area contributed by atoms with Crippen molar-refractivity contribution in [3.05, 3.63) is 23.2 Å². The molecule has 16 heavy (non-hydrogen) atoms. The molecule has 0 bridgehead atoms. The van der Waals surface area contributed by atoms with E-state index in [1.165, 1.54) is 12.1 Å². The second-order valence-corrected chi connectivity index (χ2v) is 3.55. The summed E-state index contributed by atoms with van der Waals surface area (Å²) in [6.45, 7) is -0.697. The lowest BCUT2D eigenvalue weighted by Crippen LogP contribution is -2.35. The molecule has 0 aromatic heterocycles. The predicted molar refractivity (Wildman–Crippen MR) is 56.4 cm³/mol. The lowest BCUT2D eigenvalue weighted by Gasteiger charge is -2.17. The highest BCUT2D eigenvalue weighted by Crippen LogP contribution is 2.28. The molecule has 7 heteroatoms. The van der Waals surface area contributed by atoms with Crippen molar-refractivity contribution in [1.29, 1.82) is 0 Å². The third-order valence-corrected chi connectivity index (χ3v) is 2.21. The number of alkyl halides is 3. The molecule has 1 rings (SSSR count). The van der Waals surface area contributed by atoms with Crippen LogP contribution in [-0.4, -0.2) is 23.9 Å². The average molecular weight is 255 g/mol. The highest BCUT2D eigenvalue weighted by Gasteiger charge is 2.37. The molecule has 0 saturated carbocycles. The minimum atomic E-state index is -4.66. The van der Waals surface area contributed by atoms with Crippen LogP contribution in [0.15, 0.2) is 18.2 Å². The molecule has 1 aromatic carbocycles. The van der Waals surface area contributed by atoms with E-state index in [1.54, 1.807) is 6.07 Å². The van der Waals surface area contributed by atoms with E-state index in [0.717, 1.165) is 0 Å². The Labute approximate surface area is 95.0 Å². The lowest BCUT2D eigenvalue weighted by atomic mass is 10.2. The molecule has 3 nitrogen and oxygen atoms in total. The maximum atomic E-state index is 12.0. The van der Waals surface area contributed by atoms with Crippen molar-refractivity contribution < 1.29 is 18.3 Å². The van der Waals surface area contributed by atoms with Crippen molar-refractivity contribution in [2.24, 2.45) is 0 Å². The number of nitrogen functional groups attached to an aromatic ring is 1. The Balaban J connectivity index is 2.69. The third-order valence-electron chi connectivity index (χ3n) is 1.90. The van der Waals surface area contributed by atoms with Crippen molar-refractivity contribution in [2.75, 3.05) is 17.6 Å². The summed E-state index contributed by atoms with van der Waals surface area (Å²) >= 11 is 5.72. The van der Waals surface area contributed by atoms with E-state index in [-0.39, 0.29) is 16.4 Å². The minimum absolute atomic E-state index is 0.187. The Morgan fingerprint density at radius 2 is 2.06 bits per heavy atom. The van der Waals surface area contributed by atoms with Crippen molar-refractivity contribution in [2.45, 2.75) is 12.3 Å². The highest BCUT2D eigenvalue weighted by atomic mass is 35.5. The summed E-state index contributed by atoms with van der Waals surface area (Å²) in [5, 5.41) is 11.3. The smallest absolute Gasteiger partial charge is 0.397 e. The number of para-hydroxylation sites is 1. The van der Waals surface area contributed by atoms with Gasteiger partial charge >= 0.3 is 6.18 Å². The molecule has 0 aliphatic heterocycles. The fourth-order valence-electron chi connectivity index (χ4n) is 1.04. The molecule has 0 aliphatic rings. The standard InChI is InChI=1S/C9H10ClF3N2O/c10-5-2-1-3-6(14)8(5)15-4-7(16)9(11,12)13/h1-3,7,15-16H,4,14H2. The summed E-state index contributed by atoms with van der Waals surface area (Å²) in [4.78, 5) is 0. The Hall–Kier alpha value is -1.14. The van der Waals surface area contributed by atoms with E-state index < -0.39 is 18.8 Å². The van der Waals surface area contributed by atoms with Gasteiger partial charge in [-0.25, -0.2) is 0 Å². The minimum Gasteiger partial charge on any atom is -0.397 e. The summed E-state index contributed by atoms with van der Waals surface area (Å²) in [7, 11) is 0. The third kappa shape index (κ3) is 3.18. The van der Waals surface area contributed by atoms with Crippen molar-refractivity contribution in [3.63, 3.8) is 0 Å². The summed E-state index contributed by atoms with van der Waals surface area (Å²) in [6.07, 6.45) is -7.12. The number of nitrogens with two attached hydrogens (primary N) is 1. The second-order valence-electron chi connectivity index (χ2n) is 3.14. The van der Waals surface area contributed by atoms with Gasteiger partial charge in [0, 0.05) is 6.54 Å². The number of aliphatic hydroxyl groups excluding tert-OH is 1. The number of rotatable bonds is 3.